The number of amides is 2. The largest absolute Gasteiger partial charge is 0.480 e. The van der Waals surface area contributed by atoms with Crippen LogP contribution in [0.5, 0.6) is 0 Å². The molecular weight excluding hydrogens is 362 g/mol. The van der Waals surface area contributed by atoms with Crippen molar-refractivity contribution in [3.8, 4) is 0 Å². The highest BCUT2D eigenvalue weighted by Gasteiger charge is 2.20. The lowest BCUT2D eigenvalue weighted by Gasteiger charge is -2.14. The van der Waals surface area contributed by atoms with Gasteiger partial charge in [-0.15, -0.1) is 0 Å². The summed E-state index contributed by atoms with van der Waals surface area (Å²) in [6, 6.07) is 5.00. The molecule has 0 aliphatic heterocycles. The lowest BCUT2D eigenvalue weighted by atomic mass is 10.1. The van der Waals surface area contributed by atoms with Crippen LogP contribution in [0.1, 0.15) is 22.3 Å². The smallest absolute Gasteiger partial charge is 0.326 e. The molecule has 0 heterocycles. The maximum Gasteiger partial charge on any atom is 0.326 e. The van der Waals surface area contributed by atoms with Crippen molar-refractivity contribution < 1.29 is 19.5 Å². The molecule has 5 N–H and O–H groups in total. The number of rotatable bonds is 10. The van der Waals surface area contributed by atoms with Crippen molar-refractivity contribution >= 4 is 42.2 Å². The highest BCUT2D eigenvalue weighted by atomic mass is 32.2. The Bertz CT molecular complexity index is 613. The first kappa shape index (κ1) is 21.3. The van der Waals surface area contributed by atoms with Crippen molar-refractivity contribution in [1.29, 1.82) is 0 Å². The number of carbonyl (C=O) groups excluding carboxylic acids is 2. The summed E-state index contributed by atoms with van der Waals surface area (Å²) in [6.45, 7) is 0.219. The number of carboxylic acids is 1. The Morgan fingerprint density at radius 1 is 1.36 bits per heavy atom. The lowest BCUT2D eigenvalue weighted by Crippen LogP contribution is -2.41. The first-order chi connectivity index (χ1) is 11.9. The zero-order chi connectivity index (χ0) is 18.8. The van der Waals surface area contributed by atoms with E-state index in [-0.39, 0.29) is 18.2 Å². The molecule has 0 saturated heterocycles. The van der Waals surface area contributed by atoms with E-state index in [9.17, 15) is 19.5 Å². The first-order valence-electron chi connectivity index (χ1n) is 7.64. The molecular formula is C16H23N3O4S2. The molecule has 0 radical (unpaired) electrons. The van der Waals surface area contributed by atoms with E-state index in [0.29, 0.717) is 23.3 Å². The molecule has 0 aliphatic carbocycles. The molecule has 25 heavy (non-hydrogen) atoms. The summed E-state index contributed by atoms with van der Waals surface area (Å²) in [5.74, 6) is -0.983. The maximum atomic E-state index is 12.3. The molecule has 138 valence electrons. The van der Waals surface area contributed by atoms with Crippen LogP contribution in [-0.4, -0.2) is 52.7 Å². The number of benzene rings is 1. The van der Waals surface area contributed by atoms with Crippen molar-refractivity contribution in [3.63, 3.8) is 0 Å². The number of nitrogens with one attached hydrogen (secondary N) is 2. The number of thioether (sulfide) groups is 1. The van der Waals surface area contributed by atoms with Crippen LogP contribution in [0.25, 0.3) is 0 Å². The topological polar surface area (TPSA) is 122 Å². The highest BCUT2D eigenvalue weighted by molar-refractivity contribution is 7.98. The summed E-state index contributed by atoms with van der Waals surface area (Å²) in [6.07, 6.45) is 2.22. The van der Waals surface area contributed by atoms with Gasteiger partial charge in [0.25, 0.3) is 5.91 Å². The fourth-order valence-electron chi connectivity index (χ4n) is 1.96. The van der Waals surface area contributed by atoms with Crippen LogP contribution in [0.15, 0.2) is 24.3 Å². The van der Waals surface area contributed by atoms with E-state index in [1.807, 2.05) is 6.26 Å². The van der Waals surface area contributed by atoms with Gasteiger partial charge in [0.05, 0.1) is 6.04 Å². The summed E-state index contributed by atoms with van der Waals surface area (Å²) in [7, 11) is 0. The number of nitrogens with two attached hydrogens (primary N) is 1. The molecule has 0 saturated carbocycles. The number of aliphatic carboxylic acids is 1. The van der Waals surface area contributed by atoms with Crippen LogP contribution in [0, 0.1) is 0 Å². The van der Waals surface area contributed by atoms with Crippen LogP contribution in [0.3, 0.4) is 0 Å². The van der Waals surface area contributed by atoms with Gasteiger partial charge in [-0.2, -0.15) is 24.4 Å². The molecule has 0 unspecified atom stereocenters. The summed E-state index contributed by atoms with van der Waals surface area (Å²) in [4.78, 5) is 35.1. The van der Waals surface area contributed by atoms with Gasteiger partial charge in [-0.25, -0.2) is 4.79 Å². The van der Waals surface area contributed by atoms with Crippen molar-refractivity contribution in [2.75, 3.05) is 17.8 Å². The molecule has 0 bridgehead atoms. The van der Waals surface area contributed by atoms with Crippen molar-refractivity contribution in [2.45, 2.75) is 25.0 Å². The number of carboxylic acid groups (broad SMARTS) is 1. The van der Waals surface area contributed by atoms with E-state index >= 15 is 0 Å². The maximum absolute atomic E-state index is 12.3. The van der Waals surface area contributed by atoms with Gasteiger partial charge in [0, 0.05) is 17.9 Å². The second-order valence-corrected chi connectivity index (χ2v) is 6.70. The predicted molar refractivity (Wildman–Crippen MR) is 102 cm³/mol. The third kappa shape index (κ3) is 7.37. The summed E-state index contributed by atoms with van der Waals surface area (Å²) in [5.41, 5.74) is 6.62. The van der Waals surface area contributed by atoms with Crippen LogP contribution in [0.2, 0.25) is 0 Å². The Hall–Kier alpha value is -1.71. The van der Waals surface area contributed by atoms with Gasteiger partial charge < -0.3 is 21.5 Å². The van der Waals surface area contributed by atoms with Gasteiger partial charge in [0.1, 0.15) is 6.04 Å². The van der Waals surface area contributed by atoms with E-state index < -0.39 is 24.0 Å². The molecule has 7 nitrogen and oxygen atoms in total. The van der Waals surface area contributed by atoms with Crippen molar-refractivity contribution in [1.82, 2.24) is 10.6 Å². The second kappa shape index (κ2) is 11.0. The Morgan fingerprint density at radius 3 is 2.68 bits per heavy atom. The zero-order valence-electron chi connectivity index (χ0n) is 13.9. The Kier molecular flexibility index (Phi) is 9.40. The number of thiol groups is 1. The fraction of sp³-hybridized carbons (Fsp3) is 0.438. The molecule has 2 atom stereocenters. The minimum atomic E-state index is -1.06. The van der Waals surface area contributed by atoms with Crippen molar-refractivity contribution in [3.05, 3.63) is 35.4 Å². The van der Waals surface area contributed by atoms with Gasteiger partial charge in [0.15, 0.2) is 0 Å². The third-order valence-electron chi connectivity index (χ3n) is 3.40. The van der Waals surface area contributed by atoms with E-state index in [1.54, 1.807) is 24.3 Å². The molecule has 1 rings (SSSR count). The lowest BCUT2D eigenvalue weighted by molar-refractivity contribution is -0.139. The Morgan fingerprint density at radius 2 is 2.08 bits per heavy atom. The number of hydrogen-bond donors (Lipinski definition) is 5. The molecule has 1 aromatic rings. The third-order valence-corrected chi connectivity index (χ3v) is 4.44. The van der Waals surface area contributed by atoms with E-state index in [4.69, 9.17) is 5.73 Å². The summed E-state index contributed by atoms with van der Waals surface area (Å²) in [5, 5.41) is 14.4. The van der Waals surface area contributed by atoms with Crippen molar-refractivity contribution in [2.24, 2.45) is 5.73 Å². The van der Waals surface area contributed by atoms with Gasteiger partial charge in [-0.3, -0.25) is 9.59 Å². The van der Waals surface area contributed by atoms with Crippen LogP contribution < -0.4 is 16.4 Å². The fourth-order valence-corrected chi connectivity index (χ4v) is 2.60. The number of carbonyl (C=O) groups is 3. The quantitative estimate of drug-likeness (QED) is 0.374. The Balaban J connectivity index is 2.70. The molecule has 0 fully saturated rings. The first-order valence-corrected chi connectivity index (χ1v) is 9.67. The average molecular weight is 386 g/mol. The molecule has 0 aliphatic rings. The van der Waals surface area contributed by atoms with Gasteiger partial charge in [-0.05, 0) is 36.1 Å². The average Bonchev–Trinajstić information content (AvgIpc) is 2.62. The second-order valence-electron chi connectivity index (χ2n) is 5.35. The summed E-state index contributed by atoms with van der Waals surface area (Å²) < 4.78 is 0. The molecule has 0 spiro atoms. The monoisotopic (exact) mass is 385 g/mol. The highest BCUT2D eigenvalue weighted by Crippen LogP contribution is 2.07. The number of hydrogen-bond acceptors (Lipinski definition) is 6. The molecule has 2 amide bonds. The van der Waals surface area contributed by atoms with Crippen LogP contribution in [0.4, 0.5) is 0 Å². The van der Waals surface area contributed by atoms with Gasteiger partial charge >= 0.3 is 5.97 Å². The van der Waals surface area contributed by atoms with E-state index in [2.05, 4.69) is 23.3 Å². The van der Waals surface area contributed by atoms with Crippen LogP contribution in [-0.2, 0) is 16.1 Å². The van der Waals surface area contributed by atoms with Gasteiger partial charge in [-0.1, -0.05) is 12.1 Å². The van der Waals surface area contributed by atoms with E-state index in [1.165, 1.54) is 11.8 Å². The predicted octanol–water partition coefficient (Wildman–Crippen LogP) is 0.496. The minimum Gasteiger partial charge on any atom is -0.480 e. The molecule has 1 aromatic carbocycles. The zero-order valence-corrected chi connectivity index (χ0v) is 15.6. The molecule has 0 aromatic heterocycles. The Labute approximate surface area is 156 Å². The molecule has 9 heteroatoms. The van der Waals surface area contributed by atoms with Gasteiger partial charge in [0.2, 0.25) is 5.91 Å². The summed E-state index contributed by atoms with van der Waals surface area (Å²) >= 11 is 5.48. The van der Waals surface area contributed by atoms with Crippen LogP contribution >= 0.6 is 24.4 Å². The minimum absolute atomic E-state index is 0.219. The standard InChI is InChI=1S/C16H23N3O4S2/c1-25-6-5-13(16(22)23)19-14(20)11-4-2-3-10(7-11)8-18-15(21)12(17)9-24/h2-4,7,12-13,24H,5-6,8-9,17H2,1H3,(H,18,21)(H,19,20)(H,22,23)/t12-,13-/m0/s1. The SMILES string of the molecule is CSCC[C@H](NC(=O)c1cccc(CNC(=O)[C@@H](N)CS)c1)C(=O)O. The van der Waals surface area contributed by atoms with E-state index in [0.717, 1.165) is 0 Å². The normalized spacial score (nSPS) is 12.9.